The lowest BCUT2D eigenvalue weighted by Gasteiger charge is -2.03. The van der Waals surface area contributed by atoms with E-state index in [1.807, 2.05) is 0 Å². The molecule has 0 aromatic carbocycles. The molecule has 0 bridgehead atoms. The lowest BCUT2D eigenvalue weighted by atomic mass is 10.2. The second kappa shape index (κ2) is 5.26. The van der Waals surface area contributed by atoms with Crippen LogP contribution in [0.5, 0.6) is 0 Å². The number of rotatable bonds is 5. The van der Waals surface area contributed by atoms with E-state index in [4.69, 9.17) is 0 Å². The highest BCUT2D eigenvalue weighted by atomic mass is 16.2. The molecular weight excluding hydrogens is 182 g/mol. The molecule has 5 nitrogen and oxygen atoms in total. The van der Waals surface area contributed by atoms with Crippen LogP contribution in [0.15, 0.2) is 15.7 Å². The zero-order valence-electron chi connectivity index (χ0n) is 8.22. The predicted octanol–water partition coefficient (Wildman–Crippen LogP) is 0.665. The van der Waals surface area contributed by atoms with Gasteiger partial charge in [0, 0.05) is 12.6 Å². The predicted molar refractivity (Wildman–Crippen MR) is 55.7 cm³/mol. The Hall–Kier alpha value is -1.52. The van der Waals surface area contributed by atoms with Crippen molar-refractivity contribution in [1.29, 1.82) is 0 Å². The van der Waals surface area contributed by atoms with Gasteiger partial charge in [-0.2, -0.15) is 0 Å². The fraction of sp³-hybridized carbons (Fsp3) is 0.556. The smallest absolute Gasteiger partial charge is 0.327 e. The van der Waals surface area contributed by atoms with E-state index in [0.717, 1.165) is 25.8 Å². The third kappa shape index (κ3) is 3.47. The summed E-state index contributed by atoms with van der Waals surface area (Å²) in [4.78, 5) is 26.3. The Labute approximate surface area is 81.6 Å². The maximum absolute atomic E-state index is 10.9. The second-order valence-electron chi connectivity index (χ2n) is 3.14. The highest BCUT2D eigenvalue weighted by Gasteiger charge is 1.94. The fourth-order valence-electron chi connectivity index (χ4n) is 1.16. The monoisotopic (exact) mass is 197 g/mol. The Morgan fingerprint density at radius 2 is 2.07 bits per heavy atom. The van der Waals surface area contributed by atoms with E-state index < -0.39 is 5.69 Å². The molecule has 0 amide bonds. The molecule has 3 N–H and O–H groups in total. The molecule has 0 unspecified atom stereocenters. The average molecular weight is 197 g/mol. The quantitative estimate of drug-likeness (QED) is 0.607. The number of aromatic amines is 2. The van der Waals surface area contributed by atoms with Crippen LogP contribution in [0.25, 0.3) is 0 Å². The minimum atomic E-state index is -0.476. The molecule has 0 aliphatic carbocycles. The molecule has 1 heterocycles. The largest absolute Gasteiger partial charge is 0.371 e. The van der Waals surface area contributed by atoms with E-state index in [1.165, 1.54) is 6.07 Å². The van der Waals surface area contributed by atoms with E-state index in [0.29, 0.717) is 5.82 Å². The molecule has 0 saturated carbocycles. The van der Waals surface area contributed by atoms with Crippen LogP contribution in [-0.4, -0.2) is 16.5 Å². The van der Waals surface area contributed by atoms with Crippen LogP contribution < -0.4 is 16.6 Å². The van der Waals surface area contributed by atoms with Gasteiger partial charge < -0.3 is 5.32 Å². The van der Waals surface area contributed by atoms with Gasteiger partial charge in [-0.1, -0.05) is 19.8 Å². The van der Waals surface area contributed by atoms with Gasteiger partial charge in [-0.15, -0.1) is 0 Å². The number of aromatic nitrogens is 2. The van der Waals surface area contributed by atoms with E-state index in [1.54, 1.807) is 0 Å². The topological polar surface area (TPSA) is 77.8 Å². The first-order chi connectivity index (χ1) is 6.72. The Morgan fingerprint density at radius 1 is 1.29 bits per heavy atom. The summed E-state index contributed by atoms with van der Waals surface area (Å²) in [5.74, 6) is 0.481. The molecule has 0 aliphatic heterocycles. The van der Waals surface area contributed by atoms with Gasteiger partial charge in [-0.25, -0.2) is 4.79 Å². The van der Waals surface area contributed by atoms with E-state index in [-0.39, 0.29) is 5.56 Å². The maximum Gasteiger partial charge on any atom is 0.327 e. The van der Waals surface area contributed by atoms with Gasteiger partial charge in [0.1, 0.15) is 5.82 Å². The van der Waals surface area contributed by atoms with Crippen LogP contribution in [0.2, 0.25) is 0 Å². The summed E-state index contributed by atoms with van der Waals surface area (Å²) in [6.07, 6.45) is 3.32. The average Bonchev–Trinajstić information content (AvgIpc) is 2.11. The van der Waals surface area contributed by atoms with Crippen LogP contribution in [0.1, 0.15) is 26.2 Å². The van der Waals surface area contributed by atoms with E-state index in [2.05, 4.69) is 22.2 Å². The summed E-state index contributed by atoms with van der Waals surface area (Å²) in [6, 6.07) is 1.34. The van der Waals surface area contributed by atoms with Crippen molar-refractivity contribution < 1.29 is 0 Å². The van der Waals surface area contributed by atoms with Gasteiger partial charge >= 0.3 is 5.69 Å². The van der Waals surface area contributed by atoms with Gasteiger partial charge in [0.05, 0.1) is 0 Å². The first kappa shape index (κ1) is 10.6. The highest BCUT2D eigenvalue weighted by molar-refractivity contribution is 5.31. The standard InChI is InChI=1S/C9H15N3O2/c1-2-3-4-5-10-7-6-8(13)12-9(14)11-7/h6H,2-5H2,1H3,(H3,10,11,12,13,14). The Morgan fingerprint density at radius 3 is 2.71 bits per heavy atom. The van der Waals surface area contributed by atoms with Gasteiger partial charge in [0.25, 0.3) is 5.56 Å². The van der Waals surface area contributed by atoms with Crippen molar-refractivity contribution in [2.45, 2.75) is 26.2 Å². The van der Waals surface area contributed by atoms with Crippen molar-refractivity contribution in [3.05, 3.63) is 26.9 Å². The Bertz CT molecular complexity index is 352. The highest BCUT2D eigenvalue weighted by Crippen LogP contribution is 1.97. The molecule has 0 aliphatic rings. The molecule has 0 atom stereocenters. The van der Waals surface area contributed by atoms with Crippen LogP contribution >= 0.6 is 0 Å². The van der Waals surface area contributed by atoms with Gasteiger partial charge in [0.15, 0.2) is 0 Å². The van der Waals surface area contributed by atoms with Gasteiger partial charge in [-0.05, 0) is 6.42 Å². The number of H-pyrrole nitrogens is 2. The minimum Gasteiger partial charge on any atom is -0.371 e. The molecule has 5 heteroatoms. The zero-order valence-corrected chi connectivity index (χ0v) is 8.22. The summed E-state index contributed by atoms with van der Waals surface area (Å²) in [6.45, 7) is 2.89. The number of hydrogen-bond donors (Lipinski definition) is 3. The second-order valence-corrected chi connectivity index (χ2v) is 3.14. The third-order valence-corrected chi connectivity index (χ3v) is 1.86. The lowest BCUT2D eigenvalue weighted by Crippen LogP contribution is -2.23. The van der Waals surface area contributed by atoms with Crippen LogP contribution in [-0.2, 0) is 0 Å². The molecule has 0 saturated heterocycles. The number of nitrogens with one attached hydrogen (secondary N) is 3. The molecule has 78 valence electrons. The van der Waals surface area contributed by atoms with Crippen molar-refractivity contribution in [1.82, 2.24) is 9.97 Å². The summed E-state index contributed by atoms with van der Waals surface area (Å²) < 4.78 is 0. The van der Waals surface area contributed by atoms with Crippen LogP contribution in [0.3, 0.4) is 0 Å². The lowest BCUT2D eigenvalue weighted by molar-refractivity contribution is 0.741. The van der Waals surface area contributed by atoms with Crippen molar-refractivity contribution in [2.75, 3.05) is 11.9 Å². The maximum atomic E-state index is 10.9. The van der Waals surface area contributed by atoms with E-state index >= 15 is 0 Å². The fourth-order valence-corrected chi connectivity index (χ4v) is 1.16. The third-order valence-electron chi connectivity index (χ3n) is 1.86. The molecular formula is C9H15N3O2. The van der Waals surface area contributed by atoms with Crippen molar-refractivity contribution >= 4 is 5.82 Å². The number of unbranched alkanes of at least 4 members (excludes halogenated alkanes) is 2. The zero-order chi connectivity index (χ0) is 10.4. The molecule has 0 radical (unpaired) electrons. The molecule has 1 aromatic rings. The number of anilines is 1. The number of hydrogen-bond acceptors (Lipinski definition) is 3. The molecule has 0 fully saturated rings. The van der Waals surface area contributed by atoms with E-state index in [9.17, 15) is 9.59 Å². The molecule has 0 spiro atoms. The van der Waals surface area contributed by atoms with Crippen LogP contribution in [0, 0.1) is 0 Å². The molecule has 1 rings (SSSR count). The van der Waals surface area contributed by atoms with Gasteiger partial charge in [0.2, 0.25) is 0 Å². The van der Waals surface area contributed by atoms with Crippen molar-refractivity contribution in [2.24, 2.45) is 0 Å². The molecule has 1 aromatic heterocycles. The molecule has 14 heavy (non-hydrogen) atoms. The Kier molecular flexibility index (Phi) is 3.97. The first-order valence-electron chi connectivity index (χ1n) is 4.80. The van der Waals surface area contributed by atoms with Crippen LogP contribution in [0.4, 0.5) is 5.82 Å². The summed E-state index contributed by atoms with van der Waals surface area (Å²) in [7, 11) is 0. The normalized spacial score (nSPS) is 10.1. The van der Waals surface area contributed by atoms with Gasteiger partial charge in [-0.3, -0.25) is 14.8 Å². The SMILES string of the molecule is CCCCCNc1cc(=O)[nH]c(=O)[nH]1. The van der Waals surface area contributed by atoms with Crippen molar-refractivity contribution in [3.8, 4) is 0 Å². The summed E-state index contributed by atoms with van der Waals surface area (Å²) in [5.41, 5.74) is -0.859. The van der Waals surface area contributed by atoms with Crippen molar-refractivity contribution in [3.63, 3.8) is 0 Å². The minimum absolute atomic E-state index is 0.383. The summed E-state index contributed by atoms with van der Waals surface area (Å²) in [5, 5.41) is 2.99. The Balaban J connectivity index is 2.51. The summed E-state index contributed by atoms with van der Waals surface area (Å²) >= 11 is 0. The first-order valence-corrected chi connectivity index (χ1v) is 4.80.